The molecule has 2 aromatic heterocycles. The van der Waals surface area contributed by atoms with Crippen molar-refractivity contribution in [3.63, 3.8) is 0 Å². The Kier molecular flexibility index (Phi) is 3.79. The van der Waals surface area contributed by atoms with Gasteiger partial charge in [0.1, 0.15) is 5.69 Å². The Labute approximate surface area is 123 Å². The Morgan fingerprint density at radius 3 is 2.62 bits per heavy atom. The van der Waals surface area contributed by atoms with E-state index in [9.17, 15) is 0 Å². The molecule has 0 aliphatic carbocycles. The summed E-state index contributed by atoms with van der Waals surface area (Å²) in [5.74, 6) is 0. The van der Waals surface area contributed by atoms with Gasteiger partial charge >= 0.3 is 0 Å². The minimum absolute atomic E-state index is 0.117. The number of nitrogens with zero attached hydrogens (tertiary/aromatic N) is 5. The molecule has 21 heavy (non-hydrogen) atoms. The van der Waals surface area contributed by atoms with Gasteiger partial charge in [-0.1, -0.05) is 18.2 Å². The van der Waals surface area contributed by atoms with Crippen LogP contribution in [0.1, 0.15) is 17.3 Å². The zero-order chi connectivity index (χ0) is 14.7. The molecule has 1 unspecified atom stereocenters. The van der Waals surface area contributed by atoms with Crippen molar-refractivity contribution in [2.45, 2.75) is 12.5 Å². The molecular formula is C15H18N6. The van der Waals surface area contributed by atoms with Crippen molar-refractivity contribution in [1.29, 1.82) is 0 Å². The summed E-state index contributed by atoms with van der Waals surface area (Å²) in [4.78, 5) is 1.66. The van der Waals surface area contributed by atoms with Crippen LogP contribution in [0.25, 0.3) is 5.69 Å². The van der Waals surface area contributed by atoms with Gasteiger partial charge in [-0.05, 0) is 31.2 Å². The molecule has 0 spiro atoms. The van der Waals surface area contributed by atoms with Crippen LogP contribution in [0.5, 0.6) is 0 Å². The highest BCUT2D eigenvalue weighted by atomic mass is 15.5. The van der Waals surface area contributed by atoms with Crippen molar-refractivity contribution in [1.82, 2.24) is 30.1 Å². The molecule has 1 atom stereocenters. The number of hydrogen-bond acceptors (Lipinski definition) is 4. The van der Waals surface area contributed by atoms with Crippen LogP contribution in [0.3, 0.4) is 0 Å². The molecule has 108 valence electrons. The zero-order valence-corrected chi connectivity index (χ0v) is 12.1. The fourth-order valence-corrected chi connectivity index (χ4v) is 2.29. The van der Waals surface area contributed by atoms with Crippen molar-refractivity contribution in [2.24, 2.45) is 7.05 Å². The summed E-state index contributed by atoms with van der Waals surface area (Å²) in [6.45, 7) is 0. The van der Waals surface area contributed by atoms with Crippen LogP contribution in [-0.4, -0.2) is 31.8 Å². The molecule has 1 N–H and O–H groups in total. The number of aromatic nitrogens is 5. The van der Waals surface area contributed by atoms with Gasteiger partial charge in [0.05, 0.1) is 24.1 Å². The summed E-state index contributed by atoms with van der Waals surface area (Å²) in [6.07, 6.45) is 6.54. The molecule has 3 aromatic rings. The van der Waals surface area contributed by atoms with Crippen molar-refractivity contribution >= 4 is 0 Å². The molecular weight excluding hydrogens is 264 g/mol. The molecule has 0 bridgehead atoms. The molecule has 0 fully saturated rings. The summed E-state index contributed by atoms with van der Waals surface area (Å²) >= 11 is 0. The second-order valence-electron chi connectivity index (χ2n) is 4.96. The lowest BCUT2D eigenvalue weighted by atomic mass is 10.1. The van der Waals surface area contributed by atoms with Gasteiger partial charge in [0.2, 0.25) is 0 Å². The highest BCUT2D eigenvalue weighted by Gasteiger charge is 2.15. The van der Waals surface area contributed by atoms with E-state index in [1.807, 2.05) is 67.7 Å². The van der Waals surface area contributed by atoms with E-state index in [-0.39, 0.29) is 6.04 Å². The van der Waals surface area contributed by atoms with E-state index in [0.717, 1.165) is 17.8 Å². The van der Waals surface area contributed by atoms with Gasteiger partial charge in [0.25, 0.3) is 0 Å². The van der Waals surface area contributed by atoms with E-state index in [1.54, 1.807) is 4.80 Å². The van der Waals surface area contributed by atoms with Gasteiger partial charge < -0.3 is 5.32 Å². The number of likely N-dealkylation sites (N-methyl/N-ethyl adjacent to an activating group) is 1. The first-order valence-electron chi connectivity index (χ1n) is 6.88. The minimum atomic E-state index is 0.117. The first-order chi connectivity index (χ1) is 10.3. The fourth-order valence-electron chi connectivity index (χ4n) is 2.29. The lowest BCUT2D eigenvalue weighted by Crippen LogP contribution is -2.19. The largest absolute Gasteiger partial charge is 0.311 e. The average molecular weight is 282 g/mol. The Bertz CT molecular complexity index is 700. The number of aryl methyl sites for hydroxylation is 1. The van der Waals surface area contributed by atoms with Crippen molar-refractivity contribution < 1.29 is 0 Å². The van der Waals surface area contributed by atoms with Gasteiger partial charge in [-0.2, -0.15) is 20.1 Å². The predicted molar refractivity (Wildman–Crippen MR) is 80.1 cm³/mol. The molecule has 1 aromatic carbocycles. The maximum absolute atomic E-state index is 4.57. The third-order valence-electron chi connectivity index (χ3n) is 3.40. The molecule has 6 nitrogen and oxygen atoms in total. The van der Waals surface area contributed by atoms with Crippen LogP contribution in [-0.2, 0) is 13.5 Å². The minimum Gasteiger partial charge on any atom is -0.311 e. The smallest absolute Gasteiger partial charge is 0.100 e. The van der Waals surface area contributed by atoms with Crippen LogP contribution in [0.2, 0.25) is 0 Å². The number of para-hydroxylation sites is 1. The van der Waals surface area contributed by atoms with Crippen LogP contribution in [0, 0.1) is 0 Å². The molecule has 6 heteroatoms. The van der Waals surface area contributed by atoms with Crippen molar-refractivity contribution in [3.8, 4) is 5.69 Å². The first-order valence-corrected chi connectivity index (χ1v) is 6.88. The Hall–Kier alpha value is -2.47. The van der Waals surface area contributed by atoms with E-state index in [1.165, 1.54) is 5.56 Å². The molecule has 0 aliphatic heterocycles. The van der Waals surface area contributed by atoms with Gasteiger partial charge in [0.15, 0.2) is 0 Å². The highest BCUT2D eigenvalue weighted by molar-refractivity contribution is 5.28. The summed E-state index contributed by atoms with van der Waals surface area (Å²) in [5, 5.41) is 16.4. The van der Waals surface area contributed by atoms with Crippen LogP contribution in [0.4, 0.5) is 0 Å². The van der Waals surface area contributed by atoms with Crippen molar-refractivity contribution in [2.75, 3.05) is 7.05 Å². The lowest BCUT2D eigenvalue weighted by Gasteiger charge is -2.11. The Balaban J connectivity index is 1.80. The Morgan fingerprint density at radius 1 is 1.14 bits per heavy atom. The topological polar surface area (TPSA) is 60.6 Å². The second-order valence-corrected chi connectivity index (χ2v) is 4.96. The van der Waals surface area contributed by atoms with E-state index >= 15 is 0 Å². The molecule has 0 aliphatic rings. The Morgan fingerprint density at radius 2 is 1.95 bits per heavy atom. The van der Waals surface area contributed by atoms with Crippen LogP contribution < -0.4 is 5.32 Å². The highest BCUT2D eigenvalue weighted by Crippen LogP contribution is 2.16. The third kappa shape index (κ3) is 3.00. The van der Waals surface area contributed by atoms with Gasteiger partial charge in [-0.15, -0.1) is 0 Å². The zero-order valence-electron chi connectivity index (χ0n) is 12.1. The summed E-state index contributed by atoms with van der Waals surface area (Å²) in [5.41, 5.74) is 3.05. The number of benzene rings is 1. The first kappa shape index (κ1) is 13.5. The molecule has 0 amide bonds. The van der Waals surface area contributed by atoms with E-state index < -0.39 is 0 Å². The molecule has 2 heterocycles. The number of hydrogen-bond donors (Lipinski definition) is 1. The quantitative estimate of drug-likeness (QED) is 0.770. The standard InChI is InChI=1S/C15H18N6/c1-16-14(8-12-9-17-20(2)11-12)15-10-18-21(19-15)13-6-4-3-5-7-13/h3-7,9-11,14,16H,8H2,1-2H3. The van der Waals surface area contributed by atoms with Gasteiger partial charge in [-0.3, -0.25) is 4.68 Å². The van der Waals surface area contributed by atoms with Crippen LogP contribution in [0.15, 0.2) is 48.9 Å². The third-order valence-corrected chi connectivity index (χ3v) is 3.40. The second kappa shape index (κ2) is 5.88. The molecule has 0 saturated carbocycles. The van der Waals surface area contributed by atoms with Crippen LogP contribution >= 0.6 is 0 Å². The summed E-state index contributed by atoms with van der Waals surface area (Å²) in [6, 6.07) is 10.0. The van der Waals surface area contributed by atoms with E-state index in [4.69, 9.17) is 0 Å². The molecule has 0 saturated heterocycles. The maximum Gasteiger partial charge on any atom is 0.100 e. The molecule has 3 rings (SSSR count). The lowest BCUT2D eigenvalue weighted by molar-refractivity contribution is 0.567. The average Bonchev–Trinajstić information content (AvgIpc) is 3.15. The van der Waals surface area contributed by atoms with Crippen molar-refractivity contribution in [3.05, 3.63) is 60.2 Å². The van der Waals surface area contributed by atoms with Gasteiger partial charge in [-0.25, -0.2) is 0 Å². The maximum atomic E-state index is 4.57. The fraction of sp³-hybridized carbons (Fsp3) is 0.267. The van der Waals surface area contributed by atoms with Gasteiger partial charge in [0, 0.05) is 13.2 Å². The summed E-state index contributed by atoms with van der Waals surface area (Å²) < 4.78 is 1.81. The molecule has 0 radical (unpaired) electrons. The van der Waals surface area contributed by atoms with E-state index in [0.29, 0.717) is 0 Å². The number of nitrogens with one attached hydrogen (secondary N) is 1. The summed E-state index contributed by atoms with van der Waals surface area (Å²) in [7, 11) is 3.85. The predicted octanol–water partition coefficient (Wildman–Crippen LogP) is 1.50. The number of rotatable bonds is 5. The van der Waals surface area contributed by atoms with E-state index in [2.05, 4.69) is 20.6 Å². The normalized spacial score (nSPS) is 12.5. The SMILES string of the molecule is CNC(Cc1cnn(C)c1)c1cnn(-c2ccccc2)n1. The monoisotopic (exact) mass is 282 g/mol.